The Morgan fingerprint density at radius 2 is 2.00 bits per heavy atom. The van der Waals surface area contributed by atoms with Crippen LogP contribution in [0.25, 0.3) is 0 Å². The molecule has 1 amide bonds. The quantitative estimate of drug-likeness (QED) is 0.547. The Morgan fingerprint density at radius 3 is 2.56 bits per heavy atom. The van der Waals surface area contributed by atoms with Crippen LogP contribution >= 0.6 is 11.6 Å². The Bertz CT molecular complexity index is 792. The predicted octanol–water partition coefficient (Wildman–Crippen LogP) is 1.04. The number of rotatable bonds is 5. The van der Waals surface area contributed by atoms with Gasteiger partial charge in [-0.25, -0.2) is 8.42 Å². The molecule has 1 aliphatic heterocycles. The summed E-state index contributed by atoms with van der Waals surface area (Å²) < 4.78 is 31.3. The van der Waals surface area contributed by atoms with Gasteiger partial charge < -0.3 is 9.64 Å². The normalized spacial score (nSPS) is 15.4. The first kappa shape index (κ1) is 19.6. The van der Waals surface area contributed by atoms with Gasteiger partial charge in [-0.3, -0.25) is 14.9 Å². The highest BCUT2D eigenvalue weighted by Crippen LogP contribution is 2.30. The Labute approximate surface area is 150 Å². The van der Waals surface area contributed by atoms with Gasteiger partial charge in [-0.05, 0) is 13.0 Å². The lowest BCUT2D eigenvalue weighted by molar-refractivity contribution is -0.385. The van der Waals surface area contributed by atoms with Crippen molar-refractivity contribution in [2.24, 2.45) is 0 Å². The van der Waals surface area contributed by atoms with Crippen LogP contribution in [-0.2, 0) is 19.6 Å². The van der Waals surface area contributed by atoms with E-state index < -0.39 is 14.9 Å². The molecule has 0 aliphatic carbocycles. The smallest absolute Gasteiger partial charge is 0.275 e. The highest BCUT2D eigenvalue weighted by Gasteiger charge is 2.29. The van der Waals surface area contributed by atoms with Gasteiger partial charge in [0, 0.05) is 31.8 Å². The minimum Gasteiger partial charge on any atom is -0.378 e. The molecule has 1 fully saturated rings. The number of sulfonamides is 1. The largest absolute Gasteiger partial charge is 0.378 e. The number of halogens is 1. The number of hydrogen-bond donors (Lipinski definition) is 0. The van der Waals surface area contributed by atoms with E-state index >= 15 is 0 Å². The van der Waals surface area contributed by atoms with Gasteiger partial charge in [0.2, 0.25) is 15.9 Å². The van der Waals surface area contributed by atoms with Crippen LogP contribution in [0.3, 0.4) is 0 Å². The third-order valence-corrected chi connectivity index (χ3v) is 6.09. The average molecular weight is 392 g/mol. The third-order valence-electron chi connectivity index (χ3n) is 3.92. The first-order valence-electron chi connectivity index (χ1n) is 7.41. The van der Waals surface area contributed by atoms with E-state index in [1.54, 1.807) is 0 Å². The van der Waals surface area contributed by atoms with Crippen LogP contribution in [0, 0.1) is 17.0 Å². The van der Waals surface area contributed by atoms with Crippen LogP contribution in [0.5, 0.6) is 0 Å². The van der Waals surface area contributed by atoms with Gasteiger partial charge in [0.25, 0.3) is 5.69 Å². The Morgan fingerprint density at radius 1 is 1.40 bits per heavy atom. The number of benzene rings is 1. The lowest BCUT2D eigenvalue weighted by atomic mass is 10.2. The lowest BCUT2D eigenvalue weighted by Crippen LogP contribution is -2.46. The molecular formula is C14H18ClN3O6S. The van der Waals surface area contributed by atoms with Crippen LogP contribution in [0.15, 0.2) is 17.0 Å². The fraction of sp³-hybridized carbons (Fsp3) is 0.500. The number of amides is 1. The highest BCUT2D eigenvalue weighted by molar-refractivity contribution is 7.89. The Kier molecular flexibility index (Phi) is 5.99. The maximum absolute atomic E-state index is 12.6. The van der Waals surface area contributed by atoms with Crippen molar-refractivity contribution in [2.75, 3.05) is 39.9 Å². The van der Waals surface area contributed by atoms with Crippen molar-refractivity contribution in [3.05, 3.63) is 32.8 Å². The molecule has 2 rings (SSSR count). The van der Waals surface area contributed by atoms with E-state index in [1.807, 2.05) is 0 Å². The molecule has 0 bridgehead atoms. The van der Waals surface area contributed by atoms with Crippen LogP contribution in [0.2, 0.25) is 5.02 Å². The van der Waals surface area contributed by atoms with Crippen LogP contribution < -0.4 is 0 Å². The first-order chi connectivity index (χ1) is 11.6. The fourth-order valence-corrected chi connectivity index (χ4v) is 3.79. The summed E-state index contributed by atoms with van der Waals surface area (Å²) >= 11 is 5.92. The van der Waals surface area contributed by atoms with Crippen LogP contribution in [-0.4, -0.2) is 68.3 Å². The van der Waals surface area contributed by atoms with Crippen molar-refractivity contribution in [2.45, 2.75) is 11.8 Å². The molecule has 138 valence electrons. The number of nitro groups is 1. The van der Waals surface area contributed by atoms with E-state index in [1.165, 1.54) is 18.9 Å². The maximum atomic E-state index is 12.6. The van der Waals surface area contributed by atoms with E-state index in [2.05, 4.69) is 0 Å². The molecule has 0 radical (unpaired) electrons. The summed E-state index contributed by atoms with van der Waals surface area (Å²) in [6.07, 6.45) is 0. The molecule has 0 unspecified atom stereocenters. The monoisotopic (exact) mass is 391 g/mol. The van der Waals surface area contributed by atoms with Crippen molar-refractivity contribution in [1.82, 2.24) is 9.21 Å². The van der Waals surface area contributed by atoms with Crippen molar-refractivity contribution in [3.63, 3.8) is 0 Å². The number of nitro benzene ring substituents is 1. The molecule has 0 N–H and O–H groups in total. The lowest BCUT2D eigenvalue weighted by Gasteiger charge is -2.28. The van der Waals surface area contributed by atoms with Gasteiger partial charge >= 0.3 is 0 Å². The number of ether oxygens (including phenoxy) is 1. The molecule has 9 nitrogen and oxygen atoms in total. The summed E-state index contributed by atoms with van der Waals surface area (Å²) in [5, 5.41) is 11.0. The standard InChI is InChI=1S/C14H18ClN3O6S/c1-10-12(15)7-11(8-13(10)18(20)21)25(22,23)16(2)9-14(19)17-3-5-24-6-4-17/h7-8H,3-6,9H2,1-2H3. The summed E-state index contributed by atoms with van der Waals surface area (Å²) in [5.74, 6) is -0.359. The summed E-state index contributed by atoms with van der Waals surface area (Å²) in [7, 11) is -2.86. The van der Waals surface area contributed by atoms with E-state index in [0.29, 0.717) is 26.3 Å². The number of hydrogen-bond acceptors (Lipinski definition) is 6. The second kappa shape index (κ2) is 7.65. The zero-order valence-corrected chi connectivity index (χ0v) is 15.3. The molecule has 1 saturated heterocycles. The SMILES string of the molecule is Cc1c(Cl)cc(S(=O)(=O)N(C)CC(=O)N2CCOCC2)cc1[N+](=O)[O-]. The maximum Gasteiger partial charge on any atom is 0.275 e. The minimum atomic E-state index is -4.10. The van der Waals surface area contributed by atoms with E-state index in [9.17, 15) is 23.3 Å². The summed E-state index contributed by atoms with van der Waals surface area (Å²) in [6.45, 7) is 2.66. The van der Waals surface area contributed by atoms with Crippen LogP contribution in [0.4, 0.5) is 5.69 Å². The molecule has 11 heteroatoms. The van der Waals surface area contributed by atoms with Crippen molar-refractivity contribution < 1.29 is 22.9 Å². The summed E-state index contributed by atoms with van der Waals surface area (Å²) in [4.78, 5) is 23.8. The molecule has 1 aromatic carbocycles. The number of likely N-dealkylation sites (N-methyl/N-ethyl adjacent to an activating group) is 1. The van der Waals surface area contributed by atoms with E-state index in [0.717, 1.165) is 16.4 Å². The van der Waals surface area contributed by atoms with Gasteiger partial charge in [0.1, 0.15) is 0 Å². The highest BCUT2D eigenvalue weighted by atomic mass is 35.5. The zero-order valence-electron chi connectivity index (χ0n) is 13.8. The third kappa shape index (κ3) is 4.27. The fourth-order valence-electron chi connectivity index (χ4n) is 2.35. The van der Waals surface area contributed by atoms with Gasteiger partial charge in [-0.1, -0.05) is 11.6 Å². The van der Waals surface area contributed by atoms with Gasteiger partial charge in [0.05, 0.1) is 34.6 Å². The topological polar surface area (TPSA) is 110 Å². The molecule has 0 aromatic heterocycles. The van der Waals surface area contributed by atoms with Gasteiger partial charge in [0.15, 0.2) is 0 Å². The molecule has 1 aromatic rings. The molecule has 25 heavy (non-hydrogen) atoms. The number of carbonyl (C=O) groups is 1. The Hall–Kier alpha value is -1.75. The second-order valence-electron chi connectivity index (χ2n) is 5.56. The van der Waals surface area contributed by atoms with Gasteiger partial charge in [-0.2, -0.15) is 4.31 Å². The van der Waals surface area contributed by atoms with E-state index in [-0.39, 0.29) is 33.6 Å². The number of morpholine rings is 1. The summed E-state index contributed by atoms with van der Waals surface area (Å²) in [5.41, 5.74) is -0.211. The van der Waals surface area contributed by atoms with Crippen LogP contribution in [0.1, 0.15) is 5.56 Å². The zero-order chi connectivity index (χ0) is 18.8. The minimum absolute atomic E-state index is 0.0271. The van der Waals surface area contributed by atoms with Crippen molar-refractivity contribution in [3.8, 4) is 0 Å². The van der Waals surface area contributed by atoms with Gasteiger partial charge in [-0.15, -0.1) is 0 Å². The molecule has 0 saturated carbocycles. The first-order valence-corrected chi connectivity index (χ1v) is 9.23. The number of carbonyl (C=O) groups excluding carboxylic acids is 1. The van der Waals surface area contributed by atoms with Crippen molar-refractivity contribution in [1.29, 1.82) is 0 Å². The predicted molar refractivity (Wildman–Crippen MR) is 90.1 cm³/mol. The second-order valence-corrected chi connectivity index (χ2v) is 8.01. The molecular weight excluding hydrogens is 374 g/mol. The molecule has 1 aliphatic rings. The number of nitrogens with zero attached hydrogens (tertiary/aromatic N) is 3. The molecule has 1 heterocycles. The Balaban J connectivity index is 2.25. The summed E-state index contributed by atoms with van der Waals surface area (Å²) in [6, 6.07) is 2.10. The molecule has 0 spiro atoms. The van der Waals surface area contributed by atoms with E-state index in [4.69, 9.17) is 16.3 Å². The average Bonchev–Trinajstić information content (AvgIpc) is 2.57. The van der Waals surface area contributed by atoms with Crippen molar-refractivity contribution >= 4 is 33.2 Å². The molecule has 0 atom stereocenters.